The molecular formula is C30H38N6O6. The molecule has 3 aromatic rings. The molecule has 0 saturated heterocycles. The zero-order valence-electron chi connectivity index (χ0n) is 23.6. The average Bonchev–Trinajstić information content (AvgIpc) is 3.34. The summed E-state index contributed by atoms with van der Waals surface area (Å²) in [4.78, 5) is 66.3. The lowest BCUT2D eigenvalue weighted by atomic mass is 10.0. The molecule has 12 heteroatoms. The minimum absolute atomic E-state index is 0.0106. The van der Waals surface area contributed by atoms with Crippen molar-refractivity contribution in [3.63, 3.8) is 0 Å². The fourth-order valence-corrected chi connectivity index (χ4v) is 4.63. The number of aromatic amines is 1. The maximum absolute atomic E-state index is 13.7. The number of hydrogen-bond donors (Lipinski definition) is 7. The van der Waals surface area contributed by atoms with E-state index in [1.54, 1.807) is 30.5 Å². The van der Waals surface area contributed by atoms with Crippen molar-refractivity contribution < 1.29 is 29.1 Å². The predicted octanol–water partition coefficient (Wildman–Crippen LogP) is 0.741. The van der Waals surface area contributed by atoms with Gasteiger partial charge >= 0.3 is 5.97 Å². The molecule has 2 aromatic carbocycles. The molecular weight excluding hydrogens is 540 g/mol. The van der Waals surface area contributed by atoms with Gasteiger partial charge in [-0.25, -0.2) is 4.79 Å². The normalized spacial score (nSPS) is 14.0. The number of rotatable bonds is 15. The fourth-order valence-electron chi connectivity index (χ4n) is 4.63. The first-order chi connectivity index (χ1) is 19.9. The van der Waals surface area contributed by atoms with E-state index in [0.717, 1.165) is 16.5 Å². The Balaban J connectivity index is 1.90. The summed E-state index contributed by atoms with van der Waals surface area (Å²) in [6.45, 7) is 3.86. The molecule has 0 saturated carbocycles. The molecule has 0 radical (unpaired) electrons. The number of primary amides is 1. The van der Waals surface area contributed by atoms with E-state index in [9.17, 15) is 29.1 Å². The van der Waals surface area contributed by atoms with Gasteiger partial charge in [0.25, 0.3) is 0 Å². The number of benzene rings is 2. The van der Waals surface area contributed by atoms with Crippen molar-refractivity contribution in [2.24, 2.45) is 17.4 Å². The number of carboxylic acids is 1. The number of nitrogens with one attached hydrogen (secondary N) is 4. The number of hydrogen-bond acceptors (Lipinski definition) is 6. The molecule has 4 atom stereocenters. The van der Waals surface area contributed by atoms with Gasteiger partial charge in [0.15, 0.2) is 0 Å². The van der Waals surface area contributed by atoms with Gasteiger partial charge in [-0.05, 0) is 29.5 Å². The topological polar surface area (TPSA) is 209 Å². The van der Waals surface area contributed by atoms with Gasteiger partial charge < -0.3 is 37.5 Å². The second kappa shape index (κ2) is 14.8. The van der Waals surface area contributed by atoms with Crippen LogP contribution < -0.4 is 27.4 Å². The summed E-state index contributed by atoms with van der Waals surface area (Å²) >= 11 is 0. The molecule has 0 bridgehead atoms. The van der Waals surface area contributed by atoms with Gasteiger partial charge in [-0.3, -0.25) is 19.2 Å². The first kappa shape index (κ1) is 31.8. The molecule has 0 fully saturated rings. The number of aromatic nitrogens is 1. The molecule has 4 amide bonds. The molecule has 4 unspecified atom stereocenters. The monoisotopic (exact) mass is 578 g/mol. The van der Waals surface area contributed by atoms with E-state index in [0.29, 0.717) is 12.0 Å². The van der Waals surface area contributed by atoms with E-state index >= 15 is 0 Å². The maximum atomic E-state index is 13.7. The number of nitrogens with two attached hydrogens (primary N) is 2. The van der Waals surface area contributed by atoms with E-state index in [1.807, 2.05) is 44.2 Å². The zero-order valence-corrected chi connectivity index (χ0v) is 23.6. The number of carbonyl (C=O) groups excluding carboxylic acids is 4. The summed E-state index contributed by atoms with van der Waals surface area (Å²) in [5.74, 6) is -4.21. The zero-order chi connectivity index (χ0) is 30.8. The Morgan fingerprint density at radius 2 is 1.38 bits per heavy atom. The van der Waals surface area contributed by atoms with Gasteiger partial charge in [0.2, 0.25) is 23.6 Å². The summed E-state index contributed by atoms with van der Waals surface area (Å²) in [5, 5.41) is 18.1. The quantitative estimate of drug-likeness (QED) is 0.137. The van der Waals surface area contributed by atoms with Gasteiger partial charge in [-0.15, -0.1) is 0 Å². The smallest absolute Gasteiger partial charge is 0.326 e. The molecule has 9 N–H and O–H groups in total. The van der Waals surface area contributed by atoms with Crippen molar-refractivity contribution in [1.29, 1.82) is 0 Å². The Bertz CT molecular complexity index is 1410. The third kappa shape index (κ3) is 9.16. The third-order valence-corrected chi connectivity index (χ3v) is 6.73. The highest BCUT2D eigenvalue weighted by atomic mass is 16.4. The fraction of sp³-hybridized carbons (Fsp3) is 0.367. The Morgan fingerprint density at radius 3 is 2.00 bits per heavy atom. The molecule has 0 aliphatic carbocycles. The summed E-state index contributed by atoms with van der Waals surface area (Å²) in [5.41, 5.74) is 13.5. The van der Waals surface area contributed by atoms with Crippen molar-refractivity contribution in [3.05, 3.63) is 71.9 Å². The lowest BCUT2D eigenvalue weighted by molar-refractivity contribution is -0.143. The number of carboxylic acid groups (broad SMARTS) is 1. The minimum atomic E-state index is -1.59. The van der Waals surface area contributed by atoms with Gasteiger partial charge in [0, 0.05) is 29.9 Å². The van der Waals surface area contributed by atoms with Crippen LogP contribution in [0.15, 0.2) is 60.8 Å². The first-order valence-electron chi connectivity index (χ1n) is 13.7. The Kier molecular flexibility index (Phi) is 11.2. The van der Waals surface area contributed by atoms with Crippen molar-refractivity contribution in [1.82, 2.24) is 20.9 Å². The average molecular weight is 579 g/mol. The van der Waals surface area contributed by atoms with Crippen molar-refractivity contribution in [3.8, 4) is 0 Å². The molecule has 3 rings (SSSR count). The van der Waals surface area contributed by atoms with Crippen molar-refractivity contribution >= 4 is 40.5 Å². The van der Waals surface area contributed by atoms with Crippen LogP contribution in [0.25, 0.3) is 10.9 Å². The van der Waals surface area contributed by atoms with Crippen LogP contribution in [0.5, 0.6) is 0 Å². The second-order valence-electron chi connectivity index (χ2n) is 10.7. The van der Waals surface area contributed by atoms with E-state index in [4.69, 9.17) is 11.5 Å². The van der Waals surface area contributed by atoms with Crippen LogP contribution in [-0.4, -0.2) is 63.9 Å². The van der Waals surface area contributed by atoms with Crippen LogP contribution in [0.4, 0.5) is 0 Å². The highest BCUT2D eigenvalue weighted by Crippen LogP contribution is 2.19. The molecule has 0 aliphatic heterocycles. The van der Waals surface area contributed by atoms with E-state index in [1.165, 1.54) is 0 Å². The van der Waals surface area contributed by atoms with Gasteiger partial charge in [0.1, 0.15) is 18.1 Å². The summed E-state index contributed by atoms with van der Waals surface area (Å²) < 4.78 is 0. The summed E-state index contributed by atoms with van der Waals surface area (Å²) in [6.07, 6.45) is 1.59. The highest BCUT2D eigenvalue weighted by Gasteiger charge is 2.31. The van der Waals surface area contributed by atoms with E-state index in [-0.39, 0.29) is 18.8 Å². The molecule has 1 aromatic heterocycles. The standard InChI is InChI=1S/C30H38N6O6/c1-17(2)12-21(31)27(38)34-23(13-18-8-4-3-5-9-18)28(39)35-24(29(40)36-25(30(41)42)15-26(32)37)14-19-16-33-22-11-7-6-10-20(19)22/h3-11,16-17,21,23-25,33H,12-15,31H2,1-2H3,(H2,32,37)(H,34,38)(H,35,39)(H,36,40)(H,41,42). The molecule has 0 spiro atoms. The minimum Gasteiger partial charge on any atom is -0.480 e. The van der Waals surface area contributed by atoms with Crippen LogP contribution in [-0.2, 0) is 36.8 Å². The number of aliphatic carboxylic acids is 1. The number of amides is 4. The number of para-hydroxylation sites is 1. The Hall–Kier alpha value is -4.71. The lowest BCUT2D eigenvalue weighted by Crippen LogP contribution is -2.58. The van der Waals surface area contributed by atoms with Gasteiger partial charge in [0.05, 0.1) is 12.5 Å². The Morgan fingerprint density at radius 1 is 0.810 bits per heavy atom. The SMILES string of the molecule is CC(C)CC(N)C(=O)NC(Cc1ccccc1)C(=O)NC(Cc1c[nH]c2ccccc12)C(=O)NC(CC(N)=O)C(=O)O. The number of fused-ring (bicyclic) bond motifs is 1. The molecule has 224 valence electrons. The second-order valence-corrected chi connectivity index (χ2v) is 10.7. The van der Waals surface area contributed by atoms with Crippen LogP contribution in [0.1, 0.15) is 37.8 Å². The molecule has 1 heterocycles. The molecule has 42 heavy (non-hydrogen) atoms. The first-order valence-corrected chi connectivity index (χ1v) is 13.7. The summed E-state index contributed by atoms with van der Waals surface area (Å²) in [7, 11) is 0. The van der Waals surface area contributed by atoms with Gasteiger partial charge in [-0.1, -0.05) is 62.4 Å². The maximum Gasteiger partial charge on any atom is 0.326 e. The van der Waals surface area contributed by atoms with Crippen molar-refractivity contribution in [2.45, 2.75) is 63.7 Å². The number of H-pyrrole nitrogens is 1. The van der Waals surface area contributed by atoms with E-state index in [2.05, 4.69) is 20.9 Å². The van der Waals surface area contributed by atoms with Crippen LogP contribution >= 0.6 is 0 Å². The predicted molar refractivity (Wildman–Crippen MR) is 157 cm³/mol. The number of carbonyl (C=O) groups is 5. The summed E-state index contributed by atoms with van der Waals surface area (Å²) in [6, 6.07) is 11.6. The largest absolute Gasteiger partial charge is 0.480 e. The van der Waals surface area contributed by atoms with Crippen LogP contribution in [0.2, 0.25) is 0 Å². The lowest BCUT2D eigenvalue weighted by Gasteiger charge is -2.25. The highest BCUT2D eigenvalue weighted by molar-refractivity contribution is 5.95. The van der Waals surface area contributed by atoms with Gasteiger partial charge in [-0.2, -0.15) is 0 Å². The Labute approximate surface area is 243 Å². The van der Waals surface area contributed by atoms with Crippen molar-refractivity contribution in [2.75, 3.05) is 0 Å². The third-order valence-electron chi connectivity index (χ3n) is 6.73. The van der Waals surface area contributed by atoms with E-state index < -0.39 is 60.2 Å². The van der Waals surface area contributed by atoms with Crippen LogP contribution in [0.3, 0.4) is 0 Å². The van der Waals surface area contributed by atoms with Crippen LogP contribution in [0, 0.1) is 5.92 Å². The molecule has 0 aliphatic rings. The molecule has 12 nitrogen and oxygen atoms in total.